The number of carbonyl (C=O) groups is 2. The number of nitrogens with one attached hydrogen (secondary N) is 1. The monoisotopic (exact) mass is 654 g/mol. The zero-order valence-electron chi connectivity index (χ0n) is 29.3. The van der Waals surface area contributed by atoms with Crippen molar-refractivity contribution in [3.8, 4) is 11.4 Å². The molecule has 4 aromatic rings. The number of amides is 1. The average molecular weight is 655 g/mol. The molecule has 1 fully saturated rings. The number of hydrogen-bond acceptors (Lipinski definition) is 5. The Morgan fingerprint density at radius 2 is 1.60 bits per heavy atom. The van der Waals surface area contributed by atoms with Gasteiger partial charge < -0.3 is 20.1 Å². The smallest absolute Gasteiger partial charge is 0.326 e. The van der Waals surface area contributed by atoms with Gasteiger partial charge in [0.1, 0.15) is 23.3 Å². The summed E-state index contributed by atoms with van der Waals surface area (Å²) in [6.07, 6.45) is 0. The van der Waals surface area contributed by atoms with Gasteiger partial charge in [0.15, 0.2) is 0 Å². The Morgan fingerprint density at radius 3 is 2.19 bits per heavy atom. The van der Waals surface area contributed by atoms with E-state index < -0.39 is 47.2 Å². The predicted octanol–water partition coefficient (Wildman–Crippen LogP) is 7.41. The Bertz CT molecular complexity index is 1800. The Balaban J connectivity index is 1.66. The quantitative estimate of drug-likeness (QED) is 0.206. The lowest BCUT2D eigenvalue weighted by Crippen LogP contribution is -2.48. The van der Waals surface area contributed by atoms with Gasteiger partial charge >= 0.3 is 5.97 Å². The van der Waals surface area contributed by atoms with Gasteiger partial charge in [-0.15, -0.1) is 0 Å². The van der Waals surface area contributed by atoms with Gasteiger partial charge in [-0.3, -0.25) is 4.79 Å². The van der Waals surface area contributed by atoms with Crippen molar-refractivity contribution in [2.75, 3.05) is 7.11 Å². The second-order valence-corrected chi connectivity index (χ2v) is 14.8. The van der Waals surface area contributed by atoms with Crippen molar-refractivity contribution in [3.63, 3.8) is 0 Å². The van der Waals surface area contributed by atoms with Crippen LogP contribution in [-0.4, -0.2) is 50.9 Å². The third-order valence-corrected chi connectivity index (χ3v) is 9.56. The first-order valence-electron chi connectivity index (χ1n) is 16.4. The van der Waals surface area contributed by atoms with Crippen LogP contribution in [0.4, 0.5) is 4.39 Å². The van der Waals surface area contributed by atoms with E-state index in [-0.39, 0.29) is 16.7 Å². The molecule has 0 radical (unpaired) electrons. The molecule has 3 aromatic carbocycles. The van der Waals surface area contributed by atoms with Crippen LogP contribution in [0.1, 0.15) is 86.0 Å². The topological polar surface area (TPSA) is 96.7 Å². The number of methoxy groups -OCH3 is 1. The lowest BCUT2D eigenvalue weighted by molar-refractivity contribution is -0.144. The first-order valence-corrected chi connectivity index (χ1v) is 16.4. The minimum atomic E-state index is -1.17. The molecule has 0 aliphatic carbocycles. The van der Waals surface area contributed by atoms with Crippen molar-refractivity contribution in [1.82, 2.24) is 20.0 Å². The standard InChI is InChI=1S/C39H47FN4O4/c1-23-31(24(2)44(42-23)29-18-14-13-17-28(29)40)36(45)43-34(25-15-11-10-12-16-25)33(32(39(6,7)8)35(43)37(46)47)41-22-26-21-27(38(3,4)5)19-20-30(26)48-9/h10-21,32-35,41H,22H2,1-9H3,(H,46,47)/t32-,33-,34-,35-/m0/s1. The van der Waals surface area contributed by atoms with Crippen LogP contribution in [0.2, 0.25) is 0 Å². The number of benzene rings is 3. The number of ether oxygens (including phenoxy) is 1. The Morgan fingerprint density at radius 1 is 0.958 bits per heavy atom. The van der Waals surface area contributed by atoms with Crippen LogP contribution < -0.4 is 10.1 Å². The number of aryl methyl sites for hydroxylation is 1. The van der Waals surface area contributed by atoms with Gasteiger partial charge in [0.2, 0.25) is 0 Å². The minimum Gasteiger partial charge on any atom is -0.496 e. The van der Waals surface area contributed by atoms with E-state index >= 15 is 0 Å². The van der Waals surface area contributed by atoms with Gasteiger partial charge in [0, 0.05) is 24.1 Å². The normalized spacial score (nSPS) is 19.8. The van der Waals surface area contributed by atoms with Crippen molar-refractivity contribution < 1.29 is 23.8 Å². The van der Waals surface area contributed by atoms with E-state index in [4.69, 9.17) is 4.74 Å². The molecular weight excluding hydrogens is 607 g/mol. The highest BCUT2D eigenvalue weighted by atomic mass is 19.1. The van der Waals surface area contributed by atoms with Crippen molar-refractivity contribution in [2.24, 2.45) is 11.3 Å². The zero-order valence-corrected chi connectivity index (χ0v) is 29.3. The molecule has 2 heterocycles. The first kappa shape index (κ1) is 34.8. The van der Waals surface area contributed by atoms with E-state index in [2.05, 4.69) is 43.3 Å². The molecule has 0 unspecified atom stereocenters. The Kier molecular flexibility index (Phi) is 9.57. The summed E-state index contributed by atoms with van der Waals surface area (Å²) >= 11 is 0. The van der Waals surface area contributed by atoms with Crippen molar-refractivity contribution >= 4 is 11.9 Å². The molecule has 2 N–H and O–H groups in total. The molecule has 1 amide bonds. The first-order chi connectivity index (χ1) is 22.6. The number of aromatic nitrogens is 2. The molecule has 5 rings (SSSR count). The largest absolute Gasteiger partial charge is 0.496 e. The summed E-state index contributed by atoms with van der Waals surface area (Å²) < 4.78 is 22.1. The molecule has 1 aliphatic heterocycles. The van der Waals surface area contributed by atoms with Crippen LogP contribution >= 0.6 is 0 Å². The molecule has 1 aromatic heterocycles. The lowest BCUT2D eigenvalue weighted by Gasteiger charge is -2.35. The van der Waals surface area contributed by atoms with Crippen molar-refractivity contribution in [1.29, 1.82) is 0 Å². The molecule has 1 saturated heterocycles. The summed E-state index contributed by atoms with van der Waals surface area (Å²) in [6, 6.07) is 19.7. The maximum Gasteiger partial charge on any atom is 0.326 e. The Hall–Kier alpha value is -4.50. The van der Waals surface area contributed by atoms with Crippen LogP contribution in [0.15, 0.2) is 72.8 Å². The second-order valence-electron chi connectivity index (χ2n) is 14.8. The average Bonchev–Trinajstić information content (AvgIpc) is 3.54. The second kappa shape index (κ2) is 13.2. The third-order valence-electron chi connectivity index (χ3n) is 9.56. The fourth-order valence-electron chi connectivity index (χ4n) is 7.26. The number of halogens is 1. The van der Waals surface area contributed by atoms with Gasteiger partial charge in [-0.25, -0.2) is 13.9 Å². The molecular formula is C39H47FN4O4. The number of aliphatic carboxylic acids is 1. The third kappa shape index (κ3) is 6.48. The molecule has 48 heavy (non-hydrogen) atoms. The van der Waals surface area contributed by atoms with Gasteiger partial charge in [0.25, 0.3) is 5.91 Å². The lowest BCUT2D eigenvalue weighted by atomic mass is 9.72. The Labute approximate surface area is 282 Å². The fourth-order valence-corrected chi connectivity index (χ4v) is 7.26. The summed E-state index contributed by atoms with van der Waals surface area (Å²) in [4.78, 5) is 29.8. The van der Waals surface area contributed by atoms with Crippen LogP contribution in [0, 0.1) is 31.0 Å². The molecule has 0 saturated carbocycles. The highest BCUT2D eigenvalue weighted by Gasteiger charge is 2.58. The molecule has 0 bridgehead atoms. The van der Waals surface area contributed by atoms with Crippen molar-refractivity contribution in [3.05, 3.63) is 112 Å². The van der Waals surface area contributed by atoms with E-state index in [1.165, 1.54) is 15.6 Å². The maximum absolute atomic E-state index is 14.9. The zero-order chi connectivity index (χ0) is 35.1. The van der Waals surface area contributed by atoms with E-state index in [1.54, 1.807) is 39.2 Å². The van der Waals surface area contributed by atoms with Crippen LogP contribution in [0.25, 0.3) is 5.69 Å². The van der Waals surface area contributed by atoms with Gasteiger partial charge in [-0.1, -0.05) is 96.1 Å². The SMILES string of the molecule is COc1ccc(C(C)(C)C)cc1CN[C@H]1[C@H](C(C)(C)C)[C@@H](C(=O)O)N(C(=O)c2c(C)nn(-c3ccccc3F)c2C)[C@H]1c1ccccc1. The van der Waals surface area contributed by atoms with Crippen LogP contribution in [0.5, 0.6) is 5.75 Å². The molecule has 1 aliphatic rings. The van der Waals surface area contributed by atoms with E-state index in [1.807, 2.05) is 57.2 Å². The molecule has 4 atom stereocenters. The molecule has 9 heteroatoms. The molecule has 254 valence electrons. The number of carboxylic acid groups (broad SMARTS) is 1. The molecule has 0 spiro atoms. The number of likely N-dealkylation sites (tertiary alicyclic amines) is 1. The van der Waals surface area contributed by atoms with Crippen molar-refractivity contribution in [2.45, 2.75) is 85.5 Å². The summed E-state index contributed by atoms with van der Waals surface area (Å²) in [5.74, 6) is -1.79. The fraction of sp³-hybridized carbons (Fsp3) is 0.410. The van der Waals surface area contributed by atoms with Crippen LogP contribution in [-0.2, 0) is 16.8 Å². The predicted molar refractivity (Wildman–Crippen MR) is 185 cm³/mol. The molecule has 8 nitrogen and oxygen atoms in total. The number of carbonyl (C=O) groups excluding carboxylic acids is 1. The van der Waals surface area contributed by atoms with Crippen LogP contribution in [0.3, 0.4) is 0 Å². The van der Waals surface area contributed by atoms with E-state index in [0.717, 1.165) is 22.4 Å². The highest BCUT2D eigenvalue weighted by molar-refractivity contribution is 5.99. The maximum atomic E-state index is 14.9. The van der Waals surface area contributed by atoms with E-state index in [9.17, 15) is 19.1 Å². The highest BCUT2D eigenvalue weighted by Crippen LogP contribution is 2.49. The number of rotatable bonds is 8. The summed E-state index contributed by atoms with van der Waals surface area (Å²) in [6.45, 7) is 16.3. The summed E-state index contributed by atoms with van der Waals surface area (Å²) in [5.41, 5.74) is 3.60. The number of hydrogen-bond donors (Lipinski definition) is 2. The number of para-hydroxylation sites is 1. The number of carboxylic acids is 1. The minimum absolute atomic E-state index is 0.0879. The van der Waals surface area contributed by atoms with Gasteiger partial charge in [-0.2, -0.15) is 5.10 Å². The number of nitrogens with zero attached hydrogens (tertiary/aromatic N) is 3. The van der Waals surface area contributed by atoms with E-state index in [0.29, 0.717) is 17.9 Å². The summed E-state index contributed by atoms with van der Waals surface area (Å²) in [5, 5.41) is 19.2. The summed E-state index contributed by atoms with van der Waals surface area (Å²) in [7, 11) is 1.64. The van der Waals surface area contributed by atoms with Gasteiger partial charge in [0.05, 0.1) is 30.1 Å². The van der Waals surface area contributed by atoms with Gasteiger partial charge in [-0.05, 0) is 54.0 Å².